The van der Waals surface area contributed by atoms with Crippen LogP contribution in [0.5, 0.6) is 0 Å². The molecule has 3 rings (SSSR count). The highest BCUT2D eigenvalue weighted by Gasteiger charge is 2.40. The summed E-state index contributed by atoms with van der Waals surface area (Å²) in [6.45, 7) is 1.90. The van der Waals surface area contributed by atoms with E-state index in [9.17, 15) is 19.6 Å². The third-order valence-electron chi connectivity index (χ3n) is 6.36. The van der Waals surface area contributed by atoms with E-state index in [-0.39, 0.29) is 24.8 Å². The number of ether oxygens (including phenoxy) is 1. The molecule has 7 nitrogen and oxygen atoms in total. The second-order valence-electron chi connectivity index (χ2n) is 8.19. The number of esters is 1. The maximum absolute atomic E-state index is 12.6. The summed E-state index contributed by atoms with van der Waals surface area (Å²) < 4.78 is 5.24. The number of nitriles is 1. The fraction of sp³-hybridized carbons (Fsp3) is 0.565. The zero-order valence-electron chi connectivity index (χ0n) is 17.7. The van der Waals surface area contributed by atoms with Crippen molar-refractivity contribution < 1.29 is 19.1 Å². The molecule has 0 N–H and O–H groups in total. The lowest BCUT2D eigenvalue weighted by Gasteiger charge is -2.38. The molecule has 1 atom stereocenters. The van der Waals surface area contributed by atoms with Crippen molar-refractivity contribution in [1.82, 2.24) is 4.90 Å². The number of nitrogens with zero attached hydrogens (tertiary/aromatic N) is 3. The fourth-order valence-corrected chi connectivity index (χ4v) is 4.27. The molecule has 2 fully saturated rings. The van der Waals surface area contributed by atoms with E-state index in [1.54, 1.807) is 11.9 Å². The number of amides is 2. The van der Waals surface area contributed by atoms with E-state index in [2.05, 4.69) is 13.0 Å². The van der Waals surface area contributed by atoms with Gasteiger partial charge in [0.2, 0.25) is 5.91 Å². The number of anilines is 1. The molecule has 160 valence electrons. The summed E-state index contributed by atoms with van der Waals surface area (Å²) in [5.41, 5.74) is 1.13. The number of rotatable bonds is 6. The van der Waals surface area contributed by atoms with Gasteiger partial charge in [0.05, 0.1) is 12.0 Å². The molecule has 1 aromatic carbocycles. The molecule has 2 amide bonds. The van der Waals surface area contributed by atoms with Crippen LogP contribution in [0.2, 0.25) is 0 Å². The second kappa shape index (κ2) is 9.29. The maximum Gasteiger partial charge on any atom is 0.311 e. The van der Waals surface area contributed by atoms with E-state index >= 15 is 0 Å². The SMILES string of the molecule is CCc1ccc(N2CC(C(=O)OCC(=O)N(C)C3(C#N)CCCCC3)CC2=O)cc1. The minimum atomic E-state index is -0.813. The van der Waals surface area contributed by atoms with Crippen LogP contribution in [0, 0.1) is 17.2 Å². The van der Waals surface area contributed by atoms with Crippen LogP contribution in [0.25, 0.3) is 0 Å². The molecule has 0 spiro atoms. The largest absolute Gasteiger partial charge is 0.455 e. The first-order valence-corrected chi connectivity index (χ1v) is 10.6. The number of hydrogen-bond donors (Lipinski definition) is 0. The number of carbonyl (C=O) groups is 3. The minimum Gasteiger partial charge on any atom is -0.455 e. The zero-order valence-corrected chi connectivity index (χ0v) is 17.7. The van der Waals surface area contributed by atoms with E-state index in [0.717, 1.165) is 31.4 Å². The van der Waals surface area contributed by atoms with Gasteiger partial charge < -0.3 is 14.5 Å². The van der Waals surface area contributed by atoms with Crippen molar-refractivity contribution in [1.29, 1.82) is 5.26 Å². The van der Waals surface area contributed by atoms with Crippen molar-refractivity contribution in [2.45, 2.75) is 57.4 Å². The predicted molar refractivity (Wildman–Crippen MR) is 111 cm³/mol. The number of aryl methyl sites for hydroxylation is 1. The fourth-order valence-electron chi connectivity index (χ4n) is 4.27. The molecule has 1 aromatic rings. The highest BCUT2D eigenvalue weighted by molar-refractivity contribution is 5.99. The lowest BCUT2D eigenvalue weighted by molar-refractivity contribution is -0.156. The topological polar surface area (TPSA) is 90.7 Å². The Morgan fingerprint density at radius 2 is 1.90 bits per heavy atom. The molecule has 1 saturated heterocycles. The molecule has 1 saturated carbocycles. The third kappa shape index (κ3) is 4.48. The van der Waals surface area contributed by atoms with Crippen LogP contribution in [0.3, 0.4) is 0 Å². The first kappa shape index (κ1) is 21.8. The highest BCUT2D eigenvalue weighted by atomic mass is 16.5. The van der Waals surface area contributed by atoms with E-state index < -0.39 is 24.0 Å². The van der Waals surface area contributed by atoms with E-state index in [1.807, 2.05) is 24.3 Å². The van der Waals surface area contributed by atoms with E-state index in [1.165, 1.54) is 10.5 Å². The predicted octanol–water partition coefficient (Wildman–Crippen LogP) is 2.83. The molecular weight excluding hydrogens is 382 g/mol. The van der Waals surface area contributed by atoms with Crippen LogP contribution in [0.1, 0.15) is 51.0 Å². The Balaban J connectivity index is 1.55. The van der Waals surface area contributed by atoms with Gasteiger partial charge in [0.1, 0.15) is 5.54 Å². The molecule has 0 bridgehead atoms. The Morgan fingerprint density at radius 3 is 2.50 bits per heavy atom. The van der Waals surface area contributed by atoms with Gasteiger partial charge in [-0.15, -0.1) is 0 Å². The first-order valence-electron chi connectivity index (χ1n) is 10.6. The standard InChI is InChI=1S/C23H29N3O4/c1-3-17-7-9-19(10-8-17)26-14-18(13-20(26)27)22(29)30-15-21(28)25(2)23(16-24)11-5-4-6-12-23/h7-10,18H,3-6,11-15H2,1-2H3. The average molecular weight is 412 g/mol. The number of carbonyl (C=O) groups excluding carboxylic acids is 3. The van der Waals surface area contributed by atoms with Crippen LogP contribution in [-0.4, -0.2) is 48.4 Å². The van der Waals surface area contributed by atoms with E-state index in [4.69, 9.17) is 4.74 Å². The lowest BCUT2D eigenvalue weighted by atomic mass is 9.81. The molecule has 0 radical (unpaired) electrons. The van der Waals surface area contributed by atoms with Crippen LogP contribution in [0.15, 0.2) is 24.3 Å². The van der Waals surface area contributed by atoms with Crippen molar-refractivity contribution in [3.05, 3.63) is 29.8 Å². The van der Waals surface area contributed by atoms with Gasteiger partial charge in [-0.3, -0.25) is 14.4 Å². The average Bonchev–Trinajstić information content (AvgIpc) is 3.18. The molecule has 1 aliphatic heterocycles. The Hall–Kier alpha value is -2.88. The van der Waals surface area contributed by atoms with Crippen molar-refractivity contribution in [2.75, 3.05) is 25.1 Å². The summed E-state index contributed by atoms with van der Waals surface area (Å²) >= 11 is 0. The third-order valence-corrected chi connectivity index (χ3v) is 6.36. The van der Waals surface area contributed by atoms with Gasteiger partial charge >= 0.3 is 5.97 Å². The number of benzene rings is 1. The summed E-state index contributed by atoms with van der Waals surface area (Å²) in [6.07, 6.45) is 5.15. The minimum absolute atomic E-state index is 0.0700. The van der Waals surface area contributed by atoms with Crippen LogP contribution in [0.4, 0.5) is 5.69 Å². The number of hydrogen-bond acceptors (Lipinski definition) is 5. The monoisotopic (exact) mass is 411 g/mol. The quantitative estimate of drug-likeness (QED) is 0.672. The molecular formula is C23H29N3O4. The van der Waals surface area contributed by atoms with Gasteiger partial charge in [0, 0.05) is 25.7 Å². The van der Waals surface area contributed by atoms with E-state index in [0.29, 0.717) is 12.8 Å². The van der Waals surface area contributed by atoms with Crippen LogP contribution in [-0.2, 0) is 25.5 Å². The maximum atomic E-state index is 12.6. The van der Waals surface area contributed by atoms with Crippen molar-refractivity contribution in [2.24, 2.45) is 5.92 Å². The second-order valence-corrected chi connectivity index (χ2v) is 8.19. The summed E-state index contributed by atoms with van der Waals surface area (Å²) in [4.78, 5) is 40.4. The van der Waals surface area contributed by atoms with Crippen molar-refractivity contribution >= 4 is 23.5 Å². The van der Waals surface area contributed by atoms with Gasteiger partial charge in [-0.05, 0) is 37.0 Å². The first-order chi connectivity index (χ1) is 14.4. The van der Waals surface area contributed by atoms with Gasteiger partial charge in [0.25, 0.3) is 5.91 Å². The summed E-state index contributed by atoms with van der Waals surface area (Å²) in [5.74, 6) is -1.66. The van der Waals surface area contributed by atoms with Crippen LogP contribution >= 0.6 is 0 Å². The molecule has 1 aliphatic carbocycles. The van der Waals surface area contributed by atoms with Crippen molar-refractivity contribution in [3.8, 4) is 6.07 Å². The Kier molecular flexibility index (Phi) is 6.76. The Morgan fingerprint density at radius 1 is 1.23 bits per heavy atom. The Bertz CT molecular complexity index is 837. The summed E-state index contributed by atoms with van der Waals surface area (Å²) in [7, 11) is 1.60. The smallest absolute Gasteiger partial charge is 0.311 e. The summed E-state index contributed by atoms with van der Waals surface area (Å²) in [6, 6.07) is 10.0. The Labute approximate surface area is 177 Å². The normalized spacial score (nSPS) is 20.5. The molecule has 1 heterocycles. The highest BCUT2D eigenvalue weighted by Crippen LogP contribution is 2.32. The molecule has 0 aromatic heterocycles. The molecule has 1 unspecified atom stereocenters. The zero-order chi connectivity index (χ0) is 21.7. The number of likely N-dealkylation sites (N-methyl/N-ethyl adjacent to an activating group) is 1. The molecule has 30 heavy (non-hydrogen) atoms. The van der Waals surface area contributed by atoms with Gasteiger partial charge in [-0.25, -0.2) is 0 Å². The molecule has 2 aliphatic rings. The lowest BCUT2D eigenvalue weighted by Crippen LogP contribution is -2.51. The van der Waals surface area contributed by atoms with Gasteiger partial charge in [-0.1, -0.05) is 38.3 Å². The van der Waals surface area contributed by atoms with Gasteiger partial charge in [-0.2, -0.15) is 5.26 Å². The van der Waals surface area contributed by atoms with Crippen LogP contribution < -0.4 is 4.90 Å². The van der Waals surface area contributed by atoms with Gasteiger partial charge in [0.15, 0.2) is 6.61 Å². The molecule has 7 heteroatoms. The summed E-state index contributed by atoms with van der Waals surface area (Å²) in [5, 5.41) is 9.62. The van der Waals surface area contributed by atoms with Crippen molar-refractivity contribution in [3.63, 3.8) is 0 Å².